The van der Waals surface area contributed by atoms with E-state index in [1.54, 1.807) is 36.5 Å². The van der Waals surface area contributed by atoms with Gasteiger partial charge < -0.3 is 5.32 Å². The van der Waals surface area contributed by atoms with Crippen molar-refractivity contribution in [1.82, 2.24) is 0 Å². The minimum Gasteiger partial charge on any atom is -0.379 e. The highest BCUT2D eigenvalue weighted by Crippen LogP contribution is 2.28. The van der Waals surface area contributed by atoms with E-state index in [9.17, 15) is 8.42 Å². The van der Waals surface area contributed by atoms with Crippen molar-refractivity contribution in [3.63, 3.8) is 0 Å². The molecule has 2 rings (SSSR count). The van der Waals surface area contributed by atoms with Gasteiger partial charge >= 0.3 is 0 Å². The summed E-state index contributed by atoms with van der Waals surface area (Å²) in [4.78, 5) is 2.75. The molecule has 1 aromatic carbocycles. The van der Waals surface area contributed by atoms with Gasteiger partial charge in [0.05, 0.1) is 16.3 Å². The molecule has 0 aliphatic carbocycles. The molecule has 0 spiro atoms. The number of hydrogen-bond acceptors (Lipinski definition) is 4. The minimum atomic E-state index is -3.20. The Bertz CT molecular complexity index is 688. The fraction of sp³-hybridized carbons (Fsp3) is 0.286. The molecule has 0 fully saturated rings. The van der Waals surface area contributed by atoms with Crippen molar-refractivity contribution in [2.24, 2.45) is 0 Å². The number of rotatable bonds is 5. The number of aryl methyl sites for hydroxylation is 1. The van der Waals surface area contributed by atoms with Crippen molar-refractivity contribution in [1.29, 1.82) is 0 Å². The van der Waals surface area contributed by atoms with Crippen LogP contribution in [0.25, 0.3) is 0 Å². The molecule has 20 heavy (non-hydrogen) atoms. The quantitative estimate of drug-likeness (QED) is 0.852. The van der Waals surface area contributed by atoms with Crippen molar-refractivity contribution in [2.45, 2.75) is 25.3 Å². The lowest BCUT2D eigenvalue weighted by Crippen LogP contribution is -2.08. The van der Waals surface area contributed by atoms with Gasteiger partial charge in [-0.05, 0) is 41.1 Å². The van der Waals surface area contributed by atoms with Crippen molar-refractivity contribution >= 4 is 42.8 Å². The number of nitrogens with one attached hydrogen (secondary N) is 1. The Balaban J connectivity index is 2.22. The fourth-order valence-corrected chi connectivity index (χ4v) is 4.44. The van der Waals surface area contributed by atoms with E-state index in [2.05, 4.69) is 27.3 Å². The third-order valence-corrected chi connectivity index (χ3v) is 6.89. The summed E-state index contributed by atoms with van der Waals surface area (Å²) < 4.78 is 25.2. The highest BCUT2D eigenvalue weighted by atomic mass is 79.9. The molecule has 1 aromatic heterocycles. The molecule has 0 saturated heterocycles. The fourth-order valence-electron chi connectivity index (χ4n) is 1.83. The lowest BCUT2D eigenvalue weighted by Gasteiger charge is -2.10. The van der Waals surface area contributed by atoms with E-state index >= 15 is 0 Å². The summed E-state index contributed by atoms with van der Waals surface area (Å²) in [6, 6.07) is 9.10. The van der Waals surface area contributed by atoms with Gasteiger partial charge in [-0.2, -0.15) is 0 Å². The number of thiophene rings is 1. The second kappa shape index (κ2) is 6.28. The number of halogens is 1. The summed E-state index contributed by atoms with van der Waals surface area (Å²) in [6.07, 6.45) is 0. The van der Waals surface area contributed by atoms with Crippen molar-refractivity contribution < 1.29 is 8.42 Å². The van der Waals surface area contributed by atoms with Gasteiger partial charge in [-0.25, -0.2) is 8.42 Å². The summed E-state index contributed by atoms with van der Waals surface area (Å²) in [5.41, 5.74) is 0.663. The van der Waals surface area contributed by atoms with Gasteiger partial charge in [0.15, 0.2) is 9.84 Å². The molecule has 0 atom stereocenters. The van der Waals surface area contributed by atoms with Crippen LogP contribution in [0.3, 0.4) is 0 Å². The van der Waals surface area contributed by atoms with Crippen LogP contribution in [0.2, 0.25) is 0 Å². The zero-order valence-corrected chi connectivity index (χ0v) is 14.5. The smallest absolute Gasteiger partial charge is 0.180 e. The summed E-state index contributed by atoms with van der Waals surface area (Å²) in [6.45, 7) is 4.33. The van der Waals surface area contributed by atoms with Crippen LogP contribution in [0, 0.1) is 6.92 Å². The predicted octanol–water partition coefficient (Wildman–Crippen LogP) is 4.22. The maximum atomic E-state index is 12.0. The maximum Gasteiger partial charge on any atom is 0.180 e. The standard InChI is InChI=1S/C14H16BrNO2S2/c1-3-20(17,18)14-7-5-4-6-13(14)16-9-11-8-12(15)10(2)19-11/h4-8,16H,3,9H2,1-2H3. The lowest BCUT2D eigenvalue weighted by molar-refractivity contribution is 0.597. The average molecular weight is 374 g/mol. The Morgan fingerprint density at radius 3 is 2.60 bits per heavy atom. The van der Waals surface area contributed by atoms with Gasteiger partial charge in [-0.15, -0.1) is 11.3 Å². The van der Waals surface area contributed by atoms with Crippen molar-refractivity contribution in [2.75, 3.05) is 11.1 Å². The first-order valence-electron chi connectivity index (χ1n) is 6.24. The Hall–Kier alpha value is -0.850. The Kier molecular flexibility index (Phi) is 4.88. The third-order valence-electron chi connectivity index (χ3n) is 2.96. The molecular weight excluding hydrogens is 358 g/mol. The van der Waals surface area contributed by atoms with E-state index < -0.39 is 9.84 Å². The third kappa shape index (κ3) is 3.42. The SMILES string of the molecule is CCS(=O)(=O)c1ccccc1NCc1cc(Br)c(C)s1. The van der Waals surface area contributed by atoms with E-state index in [0.29, 0.717) is 17.1 Å². The van der Waals surface area contributed by atoms with Crippen LogP contribution in [0.15, 0.2) is 39.7 Å². The lowest BCUT2D eigenvalue weighted by atomic mass is 10.3. The zero-order valence-electron chi connectivity index (χ0n) is 11.3. The monoisotopic (exact) mass is 373 g/mol. The molecule has 2 aromatic rings. The van der Waals surface area contributed by atoms with Crippen LogP contribution in [-0.4, -0.2) is 14.2 Å². The molecule has 0 unspecified atom stereocenters. The van der Waals surface area contributed by atoms with Gasteiger partial charge in [-0.3, -0.25) is 0 Å². The van der Waals surface area contributed by atoms with Gasteiger partial charge in [-0.1, -0.05) is 19.1 Å². The van der Waals surface area contributed by atoms with E-state index in [4.69, 9.17) is 0 Å². The first kappa shape index (κ1) is 15.5. The van der Waals surface area contributed by atoms with Crippen LogP contribution in [0.5, 0.6) is 0 Å². The molecule has 3 nitrogen and oxygen atoms in total. The largest absolute Gasteiger partial charge is 0.379 e. The molecule has 0 amide bonds. The number of anilines is 1. The van der Waals surface area contributed by atoms with E-state index in [1.807, 2.05) is 13.0 Å². The molecule has 0 aliphatic heterocycles. The van der Waals surface area contributed by atoms with Gasteiger partial charge in [0.25, 0.3) is 0 Å². The van der Waals surface area contributed by atoms with Gasteiger partial charge in [0.2, 0.25) is 0 Å². The molecule has 0 bridgehead atoms. The topological polar surface area (TPSA) is 46.2 Å². The molecular formula is C14H16BrNO2S2. The Labute approximate surface area is 132 Å². The molecule has 1 N–H and O–H groups in total. The molecule has 108 valence electrons. The summed E-state index contributed by atoms with van der Waals surface area (Å²) in [5.74, 6) is 0.106. The molecule has 0 aliphatic rings. The van der Waals surface area contributed by atoms with Gasteiger partial charge in [0.1, 0.15) is 0 Å². The van der Waals surface area contributed by atoms with Crippen molar-refractivity contribution in [3.05, 3.63) is 44.6 Å². The Morgan fingerprint density at radius 1 is 1.30 bits per heavy atom. The maximum absolute atomic E-state index is 12.0. The highest BCUT2D eigenvalue weighted by molar-refractivity contribution is 9.10. The first-order valence-corrected chi connectivity index (χ1v) is 9.50. The number of hydrogen-bond donors (Lipinski definition) is 1. The predicted molar refractivity (Wildman–Crippen MR) is 88.3 cm³/mol. The highest BCUT2D eigenvalue weighted by Gasteiger charge is 2.15. The van der Waals surface area contributed by atoms with Crippen LogP contribution < -0.4 is 5.32 Å². The minimum absolute atomic E-state index is 0.106. The Morgan fingerprint density at radius 2 is 2.00 bits per heavy atom. The molecule has 1 heterocycles. The number of sulfone groups is 1. The second-order valence-electron chi connectivity index (χ2n) is 4.37. The van der Waals surface area contributed by atoms with E-state index in [0.717, 1.165) is 9.35 Å². The number of benzene rings is 1. The summed E-state index contributed by atoms with van der Waals surface area (Å²) in [7, 11) is -3.20. The second-order valence-corrected chi connectivity index (χ2v) is 8.81. The van der Waals surface area contributed by atoms with E-state index in [1.165, 1.54) is 4.88 Å². The van der Waals surface area contributed by atoms with E-state index in [-0.39, 0.29) is 5.75 Å². The average Bonchev–Trinajstić information content (AvgIpc) is 2.76. The van der Waals surface area contributed by atoms with Crippen LogP contribution >= 0.6 is 27.3 Å². The molecule has 0 radical (unpaired) electrons. The molecule has 0 saturated carbocycles. The normalized spacial score (nSPS) is 11.6. The summed E-state index contributed by atoms with van der Waals surface area (Å²) >= 11 is 5.18. The van der Waals surface area contributed by atoms with Crippen LogP contribution in [-0.2, 0) is 16.4 Å². The van der Waals surface area contributed by atoms with Crippen LogP contribution in [0.4, 0.5) is 5.69 Å². The zero-order chi connectivity index (χ0) is 14.8. The van der Waals surface area contributed by atoms with Gasteiger partial charge in [0, 0.05) is 20.8 Å². The number of para-hydroxylation sites is 1. The summed E-state index contributed by atoms with van der Waals surface area (Å²) in [5, 5.41) is 3.22. The van der Waals surface area contributed by atoms with Crippen molar-refractivity contribution in [3.8, 4) is 0 Å². The first-order chi connectivity index (χ1) is 9.44. The van der Waals surface area contributed by atoms with Crippen LogP contribution in [0.1, 0.15) is 16.7 Å². The molecule has 6 heteroatoms.